The molecule has 0 spiro atoms. The van der Waals surface area contributed by atoms with Crippen LogP contribution >= 0.6 is 0 Å². The van der Waals surface area contributed by atoms with Gasteiger partial charge >= 0.3 is 0 Å². The second-order valence-corrected chi connectivity index (χ2v) is 7.56. The van der Waals surface area contributed by atoms with Gasteiger partial charge in [0.25, 0.3) is 5.91 Å². The Morgan fingerprint density at radius 2 is 1.76 bits per heavy atom. The van der Waals surface area contributed by atoms with Crippen LogP contribution < -0.4 is 5.32 Å². The number of sulfone groups is 1. The fourth-order valence-corrected chi connectivity index (χ4v) is 3.31. The van der Waals surface area contributed by atoms with Crippen molar-refractivity contribution in [2.75, 3.05) is 6.26 Å². The van der Waals surface area contributed by atoms with Crippen molar-refractivity contribution in [2.24, 2.45) is 0 Å². The summed E-state index contributed by atoms with van der Waals surface area (Å²) in [6.07, 6.45) is 4.57. The number of benzene rings is 2. The average molecular weight is 355 g/mol. The Balaban J connectivity index is 1.73. The van der Waals surface area contributed by atoms with Gasteiger partial charge in [0.15, 0.2) is 9.84 Å². The van der Waals surface area contributed by atoms with Crippen LogP contribution in [-0.2, 0) is 16.4 Å². The minimum absolute atomic E-state index is 0.0208. The molecule has 0 aliphatic carbocycles. The molecule has 0 saturated heterocycles. The summed E-state index contributed by atoms with van der Waals surface area (Å²) in [5.41, 5.74) is 1.87. The Hall–Kier alpha value is -2.93. The van der Waals surface area contributed by atoms with E-state index in [1.807, 2.05) is 36.5 Å². The van der Waals surface area contributed by atoms with Gasteiger partial charge in [0, 0.05) is 24.6 Å². The normalized spacial score (nSPS) is 11.2. The van der Waals surface area contributed by atoms with E-state index in [9.17, 15) is 13.2 Å². The second-order valence-electron chi connectivity index (χ2n) is 5.58. The fraction of sp³-hybridized carbons (Fsp3) is 0.111. The van der Waals surface area contributed by atoms with Gasteiger partial charge in [-0.1, -0.05) is 30.3 Å². The number of amides is 1. The van der Waals surface area contributed by atoms with Gasteiger partial charge < -0.3 is 5.32 Å². The zero-order valence-electron chi connectivity index (χ0n) is 13.6. The Bertz CT molecular complexity index is 995. The van der Waals surface area contributed by atoms with Crippen LogP contribution in [0.3, 0.4) is 0 Å². The predicted molar refractivity (Wildman–Crippen MR) is 94.3 cm³/mol. The third-order valence-electron chi connectivity index (χ3n) is 3.64. The molecule has 3 aromatic rings. The molecule has 7 heteroatoms. The molecule has 1 amide bonds. The van der Waals surface area contributed by atoms with Crippen molar-refractivity contribution in [2.45, 2.75) is 11.4 Å². The number of rotatable bonds is 5. The minimum Gasteiger partial charge on any atom is -0.348 e. The van der Waals surface area contributed by atoms with E-state index in [0.29, 0.717) is 0 Å². The SMILES string of the molecule is CS(=O)(=O)c1ccccc1C(=O)NCc1cnn(-c2ccccc2)c1. The van der Waals surface area contributed by atoms with E-state index >= 15 is 0 Å². The molecule has 0 aliphatic rings. The first-order valence-electron chi connectivity index (χ1n) is 7.61. The number of nitrogens with zero attached hydrogens (tertiary/aromatic N) is 2. The maximum Gasteiger partial charge on any atom is 0.252 e. The molecule has 0 aliphatic heterocycles. The molecule has 0 radical (unpaired) electrons. The lowest BCUT2D eigenvalue weighted by molar-refractivity contribution is 0.0947. The second kappa shape index (κ2) is 6.90. The highest BCUT2D eigenvalue weighted by molar-refractivity contribution is 7.90. The molecule has 0 saturated carbocycles. The van der Waals surface area contributed by atoms with E-state index in [0.717, 1.165) is 17.5 Å². The standard InChI is InChI=1S/C18H17N3O3S/c1-25(23,24)17-10-6-5-9-16(17)18(22)19-11-14-12-20-21(13-14)15-7-3-2-4-8-15/h2-10,12-13H,11H2,1H3,(H,19,22). The van der Waals surface area contributed by atoms with Gasteiger partial charge in [0.2, 0.25) is 0 Å². The zero-order chi connectivity index (χ0) is 17.9. The molecule has 128 valence electrons. The maximum atomic E-state index is 12.4. The van der Waals surface area contributed by atoms with Crippen molar-refractivity contribution >= 4 is 15.7 Å². The summed E-state index contributed by atoms with van der Waals surface area (Å²) in [6.45, 7) is 0.254. The number of carbonyl (C=O) groups excluding carboxylic acids is 1. The van der Waals surface area contributed by atoms with E-state index in [4.69, 9.17) is 0 Å². The summed E-state index contributed by atoms with van der Waals surface area (Å²) in [4.78, 5) is 12.4. The smallest absolute Gasteiger partial charge is 0.252 e. The summed E-state index contributed by atoms with van der Waals surface area (Å²) in [6, 6.07) is 15.8. The van der Waals surface area contributed by atoms with Gasteiger partial charge in [-0.3, -0.25) is 4.79 Å². The van der Waals surface area contributed by atoms with E-state index in [1.54, 1.807) is 23.0 Å². The number of aromatic nitrogens is 2. The molecule has 0 unspecified atom stereocenters. The summed E-state index contributed by atoms with van der Waals surface area (Å²) in [7, 11) is -3.47. The molecule has 1 heterocycles. The van der Waals surface area contributed by atoms with Gasteiger partial charge in [0.1, 0.15) is 0 Å². The largest absolute Gasteiger partial charge is 0.348 e. The van der Waals surface area contributed by atoms with Crippen LogP contribution in [0.1, 0.15) is 15.9 Å². The molecule has 0 atom stereocenters. The third-order valence-corrected chi connectivity index (χ3v) is 4.80. The fourth-order valence-electron chi connectivity index (χ4n) is 2.43. The van der Waals surface area contributed by atoms with Crippen LogP contribution in [0.2, 0.25) is 0 Å². The van der Waals surface area contributed by atoms with Crippen molar-refractivity contribution in [1.29, 1.82) is 0 Å². The van der Waals surface area contributed by atoms with Crippen molar-refractivity contribution in [3.8, 4) is 5.69 Å². The van der Waals surface area contributed by atoms with Crippen molar-refractivity contribution in [1.82, 2.24) is 15.1 Å². The highest BCUT2D eigenvalue weighted by Gasteiger charge is 2.17. The Kier molecular flexibility index (Phi) is 4.67. The highest BCUT2D eigenvalue weighted by atomic mass is 32.2. The summed E-state index contributed by atoms with van der Waals surface area (Å²) in [5.74, 6) is -0.437. The first-order valence-corrected chi connectivity index (χ1v) is 9.50. The van der Waals surface area contributed by atoms with E-state index in [2.05, 4.69) is 10.4 Å². The Morgan fingerprint density at radius 3 is 2.48 bits per heavy atom. The number of carbonyl (C=O) groups is 1. The van der Waals surface area contributed by atoms with Crippen molar-refractivity contribution in [3.63, 3.8) is 0 Å². The summed E-state index contributed by atoms with van der Waals surface area (Å²) >= 11 is 0. The molecule has 3 rings (SSSR count). The van der Waals surface area contributed by atoms with Crippen LogP contribution in [0.15, 0.2) is 71.9 Å². The molecule has 0 fully saturated rings. The van der Waals surface area contributed by atoms with Crippen LogP contribution in [0, 0.1) is 0 Å². The Morgan fingerprint density at radius 1 is 1.08 bits per heavy atom. The lowest BCUT2D eigenvalue weighted by Crippen LogP contribution is -2.24. The molecule has 0 bridgehead atoms. The summed E-state index contributed by atoms with van der Waals surface area (Å²) in [5, 5.41) is 7.00. The van der Waals surface area contributed by atoms with Gasteiger partial charge in [-0.15, -0.1) is 0 Å². The quantitative estimate of drug-likeness (QED) is 0.761. The molecule has 2 aromatic carbocycles. The van der Waals surface area contributed by atoms with Crippen LogP contribution in [-0.4, -0.2) is 30.4 Å². The van der Waals surface area contributed by atoms with Crippen LogP contribution in [0.25, 0.3) is 5.69 Å². The number of hydrogen-bond acceptors (Lipinski definition) is 4. The molecular weight excluding hydrogens is 338 g/mol. The average Bonchev–Trinajstić information content (AvgIpc) is 3.09. The first kappa shape index (κ1) is 16.9. The number of nitrogens with one attached hydrogen (secondary N) is 1. The number of para-hydroxylation sites is 1. The third kappa shape index (κ3) is 3.95. The van der Waals surface area contributed by atoms with E-state index in [1.165, 1.54) is 12.1 Å². The van der Waals surface area contributed by atoms with Crippen LogP contribution in [0.5, 0.6) is 0 Å². The van der Waals surface area contributed by atoms with Gasteiger partial charge in [-0.05, 0) is 24.3 Å². The monoisotopic (exact) mass is 355 g/mol. The maximum absolute atomic E-state index is 12.4. The highest BCUT2D eigenvalue weighted by Crippen LogP contribution is 2.15. The molecular formula is C18H17N3O3S. The minimum atomic E-state index is -3.47. The van der Waals surface area contributed by atoms with Gasteiger partial charge in [-0.25, -0.2) is 13.1 Å². The molecule has 6 nitrogen and oxygen atoms in total. The van der Waals surface area contributed by atoms with E-state index < -0.39 is 15.7 Å². The molecule has 25 heavy (non-hydrogen) atoms. The van der Waals surface area contributed by atoms with Crippen molar-refractivity contribution in [3.05, 3.63) is 78.1 Å². The number of hydrogen-bond donors (Lipinski definition) is 1. The lowest BCUT2D eigenvalue weighted by Gasteiger charge is -2.08. The first-order chi connectivity index (χ1) is 11.9. The van der Waals surface area contributed by atoms with E-state index in [-0.39, 0.29) is 17.0 Å². The predicted octanol–water partition coefficient (Wildman–Crippen LogP) is 2.21. The summed E-state index contributed by atoms with van der Waals surface area (Å²) < 4.78 is 25.3. The zero-order valence-corrected chi connectivity index (χ0v) is 14.4. The van der Waals surface area contributed by atoms with Crippen LogP contribution in [0.4, 0.5) is 0 Å². The van der Waals surface area contributed by atoms with Crippen molar-refractivity contribution < 1.29 is 13.2 Å². The Labute approximate surface area is 146 Å². The van der Waals surface area contributed by atoms with Gasteiger partial charge in [0.05, 0.1) is 22.3 Å². The molecule has 1 aromatic heterocycles. The molecule has 1 N–H and O–H groups in total. The van der Waals surface area contributed by atoms with Gasteiger partial charge in [-0.2, -0.15) is 5.10 Å². The topological polar surface area (TPSA) is 81.1 Å². The lowest BCUT2D eigenvalue weighted by atomic mass is 10.2.